The first kappa shape index (κ1) is 30.5. The minimum atomic E-state index is -0.972. The second-order valence-corrected chi connectivity index (χ2v) is 12.6. The number of Topliss-reactive ketones (excluding diaryl/α,β-unsaturated/α-hetero) is 1. The van der Waals surface area contributed by atoms with Crippen molar-refractivity contribution in [2.24, 2.45) is 5.92 Å². The van der Waals surface area contributed by atoms with Crippen molar-refractivity contribution in [2.45, 2.75) is 52.7 Å². The molecule has 1 fully saturated rings. The highest BCUT2D eigenvalue weighted by atomic mass is 32.1. The van der Waals surface area contributed by atoms with Crippen LogP contribution in [0.2, 0.25) is 0 Å². The average molecular weight is 629 g/mol. The molecular formula is C35H36N2O7S. The number of anilines is 1. The number of carbonyl (C=O) groups is 2. The molecule has 45 heavy (non-hydrogen) atoms. The predicted molar refractivity (Wildman–Crippen MR) is 174 cm³/mol. The first-order chi connectivity index (χ1) is 21.7. The molecule has 2 aliphatic rings. The van der Waals surface area contributed by atoms with Crippen molar-refractivity contribution in [1.82, 2.24) is 4.98 Å². The van der Waals surface area contributed by atoms with E-state index in [4.69, 9.17) is 23.9 Å². The van der Waals surface area contributed by atoms with Gasteiger partial charge in [0.1, 0.15) is 23.4 Å². The molecule has 1 saturated heterocycles. The summed E-state index contributed by atoms with van der Waals surface area (Å²) in [4.78, 5) is 33.8. The van der Waals surface area contributed by atoms with E-state index in [-0.39, 0.29) is 17.4 Å². The molecule has 2 aliphatic heterocycles. The van der Waals surface area contributed by atoms with Gasteiger partial charge in [0.05, 0.1) is 42.2 Å². The van der Waals surface area contributed by atoms with Crippen LogP contribution >= 0.6 is 11.3 Å². The number of aromatic nitrogens is 1. The van der Waals surface area contributed by atoms with E-state index in [9.17, 15) is 14.7 Å². The van der Waals surface area contributed by atoms with Gasteiger partial charge in [0, 0.05) is 12.0 Å². The van der Waals surface area contributed by atoms with Gasteiger partial charge in [0.25, 0.3) is 5.78 Å². The molecule has 0 aliphatic carbocycles. The van der Waals surface area contributed by atoms with Crippen LogP contribution in [-0.2, 0) is 16.0 Å². The molecule has 234 valence electrons. The lowest BCUT2D eigenvalue weighted by molar-refractivity contribution is -0.132. The molecule has 9 nitrogen and oxygen atoms in total. The second kappa shape index (κ2) is 12.4. The number of rotatable bonds is 10. The zero-order valence-corrected chi connectivity index (χ0v) is 26.8. The number of fused-ring (bicyclic) bond motifs is 2. The summed E-state index contributed by atoms with van der Waals surface area (Å²) in [5, 5.41) is 12.1. The molecular weight excluding hydrogens is 592 g/mol. The van der Waals surface area contributed by atoms with Gasteiger partial charge in [-0.15, -0.1) is 0 Å². The summed E-state index contributed by atoms with van der Waals surface area (Å²) >= 11 is 1.27. The number of ketones is 1. The van der Waals surface area contributed by atoms with Gasteiger partial charge in [-0.1, -0.05) is 31.3 Å². The number of hydrogen-bond donors (Lipinski definition) is 1. The summed E-state index contributed by atoms with van der Waals surface area (Å²) in [7, 11) is 1.58. The van der Waals surface area contributed by atoms with Crippen molar-refractivity contribution < 1.29 is 33.6 Å². The molecule has 6 rings (SSSR count). The fourth-order valence-electron chi connectivity index (χ4n) is 5.68. The monoisotopic (exact) mass is 628 g/mol. The van der Waals surface area contributed by atoms with E-state index in [2.05, 4.69) is 13.8 Å². The van der Waals surface area contributed by atoms with Crippen molar-refractivity contribution in [3.63, 3.8) is 0 Å². The smallest absolute Gasteiger partial charge is 0.301 e. The highest BCUT2D eigenvalue weighted by molar-refractivity contribution is 7.22. The van der Waals surface area contributed by atoms with Crippen LogP contribution in [0.1, 0.15) is 56.8 Å². The number of aliphatic hydroxyl groups excluding tert-OH is 1. The molecule has 3 aromatic carbocycles. The maximum Gasteiger partial charge on any atom is 0.301 e. The molecule has 1 amide bonds. The highest BCUT2D eigenvalue weighted by Gasteiger charge is 2.48. The zero-order chi connectivity index (χ0) is 31.8. The summed E-state index contributed by atoms with van der Waals surface area (Å²) < 4.78 is 24.0. The minimum Gasteiger partial charge on any atom is -0.507 e. The maximum atomic E-state index is 13.8. The molecule has 0 saturated carbocycles. The molecule has 2 unspecified atom stereocenters. The van der Waals surface area contributed by atoms with Gasteiger partial charge in [-0.05, 0) is 85.8 Å². The lowest BCUT2D eigenvalue weighted by atomic mass is 9.94. The van der Waals surface area contributed by atoms with Gasteiger partial charge < -0.3 is 24.1 Å². The van der Waals surface area contributed by atoms with Crippen LogP contribution in [0.15, 0.2) is 60.2 Å². The quantitative estimate of drug-likeness (QED) is 0.113. The molecule has 1 aromatic heterocycles. The fourth-order valence-corrected chi connectivity index (χ4v) is 6.70. The third-order valence-corrected chi connectivity index (χ3v) is 8.96. The fraction of sp³-hybridized carbons (Fsp3) is 0.343. The Morgan fingerprint density at radius 3 is 2.67 bits per heavy atom. The van der Waals surface area contributed by atoms with E-state index in [0.717, 1.165) is 22.4 Å². The van der Waals surface area contributed by atoms with Crippen LogP contribution < -0.4 is 23.8 Å². The largest absolute Gasteiger partial charge is 0.507 e. The molecule has 2 atom stereocenters. The number of hydrogen-bond acceptors (Lipinski definition) is 9. The number of thiazole rings is 1. The Hall–Kier alpha value is -4.57. The third-order valence-electron chi connectivity index (χ3n) is 7.94. The van der Waals surface area contributed by atoms with Crippen molar-refractivity contribution in [1.29, 1.82) is 0 Å². The first-order valence-corrected chi connectivity index (χ1v) is 15.9. The summed E-state index contributed by atoms with van der Waals surface area (Å²) in [6.07, 6.45) is 1.57. The van der Waals surface area contributed by atoms with Gasteiger partial charge in [0.15, 0.2) is 16.6 Å². The van der Waals surface area contributed by atoms with Crippen LogP contribution in [0.5, 0.6) is 23.0 Å². The van der Waals surface area contributed by atoms with E-state index in [1.54, 1.807) is 43.5 Å². The summed E-state index contributed by atoms with van der Waals surface area (Å²) in [5.74, 6) is 1.09. The number of carbonyl (C=O) groups excluding carboxylic acids is 2. The van der Waals surface area contributed by atoms with Crippen LogP contribution in [0.4, 0.5) is 5.13 Å². The van der Waals surface area contributed by atoms with Crippen LogP contribution in [-0.4, -0.2) is 48.2 Å². The number of aliphatic hydroxyl groups is 1. The number of benzene rings is 3. The normalized spacial score (nSPS) is 18.8. The Balaban J connectivity index is 1.50. The molecule has 3 heterocycles. The second-order valence-electron chi connectivity index (χ2n) is 11.6. The van der Waals surface area contributed by atoms with Crippen LogP contribution in [0.3, 0.4) is 0 Å². The SMILES string of the molecule is CCOc1cc(C2/C(=C(/O)c3ccc4c(c3)CC(C)O4)C(=O)C(=O)N2c2nc3ccc(OC)cc3s2)ccc1OCCC(C)C. The van der Waals surface area contributed by atoms with E-state index in [1.807, 2.05) is 32.0 Å². The van der Waals surface area contributed by atoms with E-state index < -0.39 is 17.7 Å². The number of nitrogens with zero attached hydrogens (tertiary/aromatic N) is 2. The highest BCUT2D eigenvalue weighted by Crippen LogP contribution is 2.46. The average Bonchev–Trinajstić information content (AvgIpc) is 3.69. The summed E-state index contributed by atoms with van der Waals surface area (Å²) in [6.45, 7) is 9.03. The maximum absolute atomic E-state index is 13.8. The van der Waals surface area contributed by atoms with Gasteiger partial charge >= 0.3 is 5.91 Å². The molecule has 1 N–H and O–H groups in total. The van der Waals surface area contributed by atoms with Crippen molar-refractivity contribution in [3.8, 4) is 23.0 Å². The minimum absolute atomic E-state index is 0.0129. The predicted octanol–water partition coefficient (Wildman–Crippen LogP) is 7.08. The van der Waals surface area contributed by atoms with E-state index >= 15 is 0 Å². The van der Waals surface area contributed by atoms with Gasteiger partial charge in [-0.3, -0.25) is 14.5 Å². The van der Waals surface area contributed by atoms with Crippen molar-refractivity contribution in [3.05, 3.63) is 76.9 Å². The van der Waals surface area contributed by atoms with Crippen LogP contribution in [0.25, 0.3) is 16.0 Å². The Bertz CT molecular complexity index is 1810. The number of methoxy groups -OCH3 is 1. The Labute approximate surface area is 266 Å². The van der Waals surface area contributed by atoms with E-state index in [1.165, 1.54) is 16.2 Å². The van der Waals surface area contributed by atoms with E-state index in [0.29, 0.717) is 64.6 Å². The summed E-state index contributed by atoms with van der Waals surface area (Å²) in [6, 6.07) is 15.2. The molecule has 0 spiro atoms. The topological polar surface area (TPSA) is 107 Å². The Morgan fingerprint density at radius 2 is 1.91 bits per heavy atom. The lowest BCUT2D eigenvalue weighted by Crippen LogP contribution is -2.29. The lowest BCUT2D eigenvalue weighted by Gasteiger charge is -2.24. The van der Waals surface area contributed by atoms with Crippen molar-refractivity contribution >= 4 is 44.1 Å². The van der Waals surface area contributed by atoms with Gasteiger partial charge in [0.2, 0.25) is 0 Å². The zero-order valence-electron chi connectivity index (χ0n) is 26.0. The Morgan fingerprint density at radius 1 is 1.09 bits per heavy atom. The molecule has 10 heteroatoms. The van der Waals surface area contributed by atoms with Gasteiger partial charge in [-0.25, -0.2) is 4.98 Å². The number of ether oxygens (including phenoxy) is 4. The first-order valence-electron chi connectivity index (χ1n) is 15.1. The van der Waals surface area contributed by atoms with Gasteiger partial charge in [-0.2, -0.15) is 0 Å². The molecule has 0 radical (unpaired) electrons. The third kappa shape index (κ3) is 5.82. The standard InChI is InChI=1S/C35H36N2O7S/c1-6-42-28-17-21(7-12-27(28)43-14-13-19(2)3)31-30(32(38)22-8-11-26-23(16-22)15-20(4)44-26)33(39)34(40)37(31)35-36-25-10-9-24(41-5)18-29(25)45-35/h7-12,16-20,31,38H,6,13-15H2,1-5H3/b32-30-. The summed E-state index contributed by atoms with van der Waals surface area (Å²) in [5.41, 5.74) is 2.57. The molecule has 4 aromatic rings. The Kier molecular flexibility index (Phi) is 8.42. The number of amides is 1. The van der Waals surface area contributed by atoms with Crippen molar-refractivity contribution in [2.75, 3.05) is 25.2 Å². The molecule has 0 bridgehead atoms. The van der Waals surface area contributed by atoms with Crippen LogP contribution in [0, 0.1) is 5.92 Å².